The smallest absolute Gasteiger partial charge is 0.0400 e. The van der Waals surface area contributed by atoms with Gasteiger partial charge in [-0.05, 0) is 18.6 Å². The van der Waals surface area contributed by atoms with E-state index < -0.39 is 0 Å². The van der Waals surface area contributed by atoms with Gasteiger partial charge in [-0.15, -0.1) is 0 Å². The molecule has 0 bridgehead atoms. The number of hydrogen-bond donors (Lipinski definition) is 0. The number of pyridine rings is 1. The first-order chi connectivity index (χ1) is 8.35. The van der Waals surface area contributed by atoms with E-state index in [0.717, 1.165) is 12.1 Å². The van der Waals surface area contributed by atoms with Crippen LogP contribution in [0.2, 0.25) is 0 Å². The van der Waals surface area contributed by atoms with Crippen LogP contribution < -0.4 is 0 Å². The first-order valence-electron chi connectivity index (χ1n) is 7.25. The standard InChI is InChI=1S/C7H9N.C7H16.C2H6/c1-2-7-5-3-4-6-8-7;1-3-5-7-6-4-2;1-2/h3-6H,2H2,1H3;3-7H2,1-2H3;1-2H3. The summed E-state index contributed by atoms with van der Waals surface area (Å²) in [6.45, 7) is 10.6. The van der Waals surface area contributed by atoms with E-state index in [4.69, 9.17) is 0 Å². The van der Waals surface area contributed by atoms with E-state index in [1.165, 1.54) is 32.1 Å². The zero-order chi connectivity index (χ0) is 13.4. The molecule has 0 amide bonds. The lowest BCUT2D eigenvalue weighted by Gasteiger charge is -1.90. The Labute approximate surface area is 109 Å². The summed E-state index contributed by atoms with van der Waals surface area (Å²) in [6, 6.07) is 5.96. The van der Waals surface area contributed by atoms with Crippen molar-refractivity contribution in [1.82, 2.24) is 4.98 Å². The number of hydrogen-bond acceptors (Lipinski definition) is 1. The molecule has 1 heteroatoms. The predicted octanol–water partition coefficient (Wildman–Crippen LogP) is 5.65. The molecule has 1 aromatic heterocycles. The first kappa shape index (κ1) is 18.5. The van der Waals surface area contributed by atoms with Gasteiger partial charge in [-0.1, -0.05) is 72.8 Å². The van der Waals surface area contributed by atoms with Gasteiger partial charge in [0, 0.05) is 11.9 Å². The molecule has 1 heterocycles. The number of nitrogens with zero attached hydrogens (tertiary/aromatic N) is 1. The van der Waals surface area contributed by atoms with Gasteiger partial charge in [-0.3, -0.25) is 4.98 Å². The molecule has 0 spiro atoms. The summed E-state index contributed by atoms with van der Waals surface area (Å²) in [5.74, 6) is 0. The molecule has 0 saturated heterocycles. The van der Waals surface area contributed by atoms with Crippen LogP contribution in [0.1, 0.15) is 72.4 Å². The van der Waals surface area contributed by atoms with Gasteiger partial charge in [0.2, 0.25) is 0 Å². The van der Waals surface area contributed by atoms with Gasteiger partial charge in [0.1, 0.15) is 0 Å². The summed E-state index contributed by atoms with van der Waals surface area (Å²) in [6.07, 6.45) is 9.86. The second-order valence-corrected chi connectivity index (χ2v) is 3.74. The SMILES string of the molecule is CC.CCCCCCC.CCc1ccccn1. The highest BCUT2D eigenvalue weighted by atomic mass is 14.6. The molecule has 17 heavy (non-hydrogen) atoms. The molecule has 0 unspecified atom stereocenters. The molecular weight excluding hydrogens is 206 g/mol. The highest BCUT2D eigenvalue weighted by Crippen LogP contribution is 2.00. The molecule has 0 aromatic carbocycles. The lowest BCUT2D eigenvalue weighted by Crippen LogP contribution is -1.81. The molecule has 1 rings (SSSR count). The molecule has 1 aromatic rings. The number of rotatable bonds is 5. The van der Waals surface area contributed by atoms with Crippen molar-refractivity contribution in [3.63, 3.8) is 0 Å². The molecule has 0 aliphatic heterocycles. The zero-order valence-corrected chi connectivity index (χ0v) is 12.5. The van der Waals surface area contributed by atoms with Crippen LogP contribution >= 0.6 is 0 Å². The summed E-state index contributed by atoms with van der Waals surface area (Å²) < 4.78 is 0. The van der Waals surface area contributed by atoms with Gasteiger partial charge in [-0.2, -0.15) is 0 Å². The lowest BCUT2D eigenvalue weighted by molar-refractivity contribution is 0.656. The number of unbranched alkanes of at least 4 members (excludes halogenated alkanes) is 4. The Bertz CT molecular complexity index is 202. The Balaban J connectivity index is 0. The Hall–Kier alpha value is -0.850. The summed E-state index contributed by atoms with van der Waals surface area (Å²) in [4.78, 5) is 4.10. The van der Waals surface area contributed by atoms with Crippen molar-refractivity contribution >= 4 is 0 Å². The lowest BCUT2D eigenvalue weighted by atomic mass is 10.2. The van der Waals surface area contributed by atoms with Crippen LogP contribution in [0.4, 0.5) is 0 Å². The molecule has 0 aliphatic carbocycles. The minimum Gasteiger partial charge on any atom is -0.261 e. The average molecular weight is 237 g/mol. The maximum absolute atomic E-state index is 4.10. The minimum absolute atomic E-state index is 1.03. The predicted molar refractivity (Wildman–Crippen MR) is 79.4 cm³/mol. The van der Waals surface area contributed by atoms with E-state index in [2.05, 4.69) is 25.8 Å². The Kier molecular flexibility index (Phi) is 19.1. The Morgan fingerprint density at radius 1 is 0.882 bits per heavy atom. The molecule has 0 saturated carbocycles. The number of aryl methyl sites for hydroxylation is 1. The van der Waals surface area contributed by atoms with E-state index in [0.29, 0.717) is 0 Å². The van der Waals surface area contributed by atoms with Gasteiger partial charge in [0.25, 0.3) is 0 Å². The third-order valence-electron chi connectivity index (χ3n) is 2.30. The fourth-order valence-corrected chi connectivity index (χ4v) is 1.28. The van der Waals surface area contributed by atoms with Crippen LogP contribution in [0.5, 0.6) is 0 Å². The fraction of sp³-hybridized carbons (Fsp3) is 0.688. The van der Waals surface area contributed by atoms with E-state index in [-0.39, 0.29) is 0 Å². The Morgan fingerprint density at radius 3 is 1.76 bits per heavy atom. The molecule has 100 valence electrons. The molecule has 1 nitrogen and oxygen atoms in total. The van der Waals surface area contributed by atoms with Crippen molar-refractivity contribution < 1.29 is 0 Å². The van der Waals surface area contributed by atoms with E-state index in [1.54, 1.807) is 0 Å². The van der Waals surface area contributed by atoms with Gasteiger partial charge >= 0.3 is 0 Å². The molecule has 0 radical (unpaired) electrons. The van der Waals surface area contributed by atoms with Crippen molar-refractivity contribution in [2.75, 3.05) is 0 Å². The molecule has 0 fully saturated rings. The summed E-state index contributed by atoms with van der Waals surface area (Å²) in [5.41, 5.74) is 1.16. The van der Waals surface area contributed by atoms with Crippen molar-refractivity contribution in [2.45, 2.75) is 73.1 Å². The second-order valence-electron chi connectivity index (χ2n) is 3.74. The second kappa shape index (κ2) is 17.5. The van der Waals surface area contributed by atoms with Gasteiger partial charge in [0.15, 0.2) is 0 Å². The normalized spacial score (nSPS) is 8.53. The van der Waals surface area contributed by atoms with Crippen LogP contribution in [0.15, 0.2) is 24.4 Å². The van der Waals surface area contributed by atoms with Gasteiger partial charge in [-0.25, -0.2) is 0 Å². The van der Waals surface area contributed by atoms with Crippen LogP contribution in [0.3, 0.4) is 0 Å². The van der Waals surface area contributed by atoms with E-state index in [9.17, 15) is 0 Å². The zero-order valence-electron chi connectivity index (χ0n) is 12.5. The van der Waals surface area contributed by atoms with Crippen LogP contribution in [0, 0.1) is 0 Å². The van der Waals surface area contributed by atoms with Crippen molar-refractivity contribution in [1.29, 1.82) is 0 Å². The maximum atomic E-state index is 4.10. The molecule has 0 atom stereocenters. The van der Waals surface area contributed by atoms with Crippen molar-refractivity contribution in [3.8, 4) is 0 Å². The summed E-state index contributed by atoms with van der Waals surface area (Å²) in [5, 5.41) is 0. The minimum atomic E-state index is 1.03. The highest BCUT2D eigenvalue weighted by Gasteiger charge is 1.81. The fourth-order valence-electron chi connectivity index (χ4n) is 1.28. The van der Waals surface area contributed by atoms with Gasteiger partial charge < -0.3 is 0 Å². The number of aromatic nitrogens is 1. The summed E-state index contributed by atoms with van der Waals surface area (Å²) in [7, 11) is 0. The molecule has 0 N–H and O–H groups in total. The van der Waals surface area contributed by atoms with Crippen molar-refractivity contribution in [3.05, 3.63) is 30.1 Å². The topological polar surface area (TPSA) is 12.9 Å². The van der Waals surface area contributed by atoms with Crippen molar-refractivity contribution in [2.24, 2.45) is 0 Å². The largest absolute Gasteiger partial charge is 0.261 e. The van der Waals surface area contributed by atoms with Crippen LogP contribution in [-0.4, -0.2) is 4.98 Å². The quantitative estimate of drug-likeness (QED) is 0.603. The third kappa shape index (κ3) is 15.1. The molecule has 0 aliphatic rings. The van der Waals surface area contributed by atoms with Crippen LogP contribution in [-0.2, 0) is 6.42 Å². The Morgan fingerprint density at radius 2 is 1.47 bits per heavy atom. The first-order valence-corrected chi connectivity index (χ1v) is 7.25. The molecular formula is C16H31N. The monoisotopic (exact) mass is 237 g/mol. The average Bonchev–Trinajstić information content (AvgIpc) is 2.43. The summed E-state index contributed by atoms with van der Waals surface area (Å²) >= 11 is 0. The van der Waals surface area contributed by atoms with Crippen LogP contribution in [0.25, 0.3) is 0 Å². The maximum Gasteiger partial charge on any atom is 0.0400 e. The van der Waals surface area contributed by atoms with Gasteiger partial charge in [0.05, 0.1) is 0 Å². The third-order valence-corrected chi connectivity index (χ3v) is 2.30. The van der Waals surface area contributed by atoms with E-state index in [1.807, 2.05) is 38.2 Å². The highest BCUT2D eigenvalue weighted by molar-refractivity contribution is 5.02. The van der Waals surface area contributed by atoms with E-state index >= 15 is 0 Å².